The highest BCUT2D eigenvalue weighted by Gasteiger charge is 2.23. The first kappa shape index (κ1) is 15.2. The summed E-state index contributed by atoms with van der Waals surface area (Å²) in [7, 11) is 0. The van der Waals surface area contributed by atoms with E-state index < -0.39 is 29.0 Å². The Hall–Kier alpha value is -0.840. The molecule has 0 aromatic heterocycles. The molecule has 0 fully saturated rings. The number of hydrogen-bond acceptors (Lipinski definition) is 3. The standard InChI is InChI=1S/C11H8Cl3FO3/c1-2-18-8(17)4-7(16)9-5(12)3-6(13)11(15)10(9)14/h3H,2,4H2,1H3. The fourth-order valence-electron chi connectivity index (χ4n) is 1.25. The van der Waals surface area contributed by atoms with Crippen molar-refractivity contribution in [1.29, 1.82) is 0 Å². The summed E-state index contributed by atoms with van der Waals surface area (Å²) in [5.41, 5.74) is -0.270. The lowest BCUT2D eigenvalue weighted by atomic mass is 10.1. The molecule has 1 aromatic rings. The molecule has 0 aliphatic rings. The fourth-order valence-corrected chi connectivity index (χ4v) is 2.23. The van der Waals surface area contributed by atoms with Crippen LogP contribution >= 0.6 is 34.8 Å². The fraction of sp³-hybridized carbons (Fsp3) is 0.273. The molecule has 0 aliphatic carbocycles. The van der Waals surface area contributed by atoms with E-state index in [1.165, 1.54) is 0 Å². The number of benzene rings is 1. The van der Waals surface area contributed by atoms with E-state index in [1.54, 1.807) is 6.92 Å². The number of carbonyl (C=O) groups is 2. The molecule has 0 radical (unpaired) electrons. The lowest BCUT2D eigenvalue weighted by Gasteiger charge is -2.08. The van der Waals surface area contributed by atoms with Crippen LogP contribution in [0.25, 0.3) is 0 Å². The molecular formula is C11H8Cl3FO3. The zero-order chi connectivity index (χ0) is 13.9. The maximum atomic E-state index is 13.4. The van der Waals surface area contributed by atoms with Crippen molar-refractivity contribution in [2.45, 2.75) is 13.3 Å². The Morgan fingerprint density at radius 1 is 1.28 bits per heavy atom. The van der Waals surface area contributed by atoms with Crippen LogP contribution in [0.1, 0.15) is 23.7 Å². The molecule has 1 aromatic carbocycles. The van der Waals surface area contributed by atoms with E-state index in [0.717, 1.165) is 6.07 Å². The SMILES string of the molecule is CCOC(=O)CC(=O)c1c(Cl)cc(Cl)c(F)c1Cl. The maximum Gasteiger partial charge on any atom is 0.313 e. The van der Waals surface area contributed by atoms with E-state index in [0.29, 0.717) is 0 Å². The normalized spacial score (nSPS) is 10.3. The highest BCUT2D eigenvalue weighted by Crippen LogP contribution is 2.33. The van der Waals surface area contributed by atoms with Gasteiger partial charge in [-0.2, -0.15) is 0 Å². The molecule has 0 heterocycles. The third-order valence-electron chi connectivity index (χ3n) is 2.00. The van der Waals surface area contributed by atoms with Crippen molar-refractivity contribution in [3.8, 4) is 0 Å². The lowest BCUT2D eigenvalue weighted by Crippen LogP contribution is -2.12. The Morgan fingerprint density at radius 2 is 1.89 bits per heavy atom. The van der Waals surface area contributed by atoms with Crippen LogP contribution in [0.2, 0.25) is 15.1 Å². The molecule has 98 valence electrons. The third-order valence-corrected chi connectivity index (χ3v) is 2.93. The average molecular weight is 314 g/mol. The summed E-state index contributed by atoms with van der Waals surface area (Å²) in [5.74, 6) is -2.40. The van der Waals surface area contributed by atoms with Crippen molar-refractivity contribution in [3.63, 3.8) is 0 Å². The Morgan fingerprint density at radius 3 is 2.44 bits per heavy atom. The zero-order valence-corrected chi connectivity index (χ0v) is 11.5. The number of carbonyl (C=O) groups excluding carboxylic acids is 2. The monoisotopic (exact) mass is 312 g/mol. The molecule has 3 nitrogen and oxygen atoms in total. The van der Waals surface area contributed by atoms with Gasteiger partial charge in [-0.3, -0.25) is 9.59 Å². The van der Waals surface area contributed by atoms with Gasteiger partial charge in [-0.15, -0.1) is 0 Å². The summed E-state index contributed by atoms with van der Waals surface area (Å²) >= 11 is 16.9. The minimum Gasteiger partial charge on any atom is -0.466 e. The van der Waals surface area contributed by atoms with Gasteiger partial charge in [0.25, 0.3) is 0 Å². The topological polar surface area (TPSA) is 43.4 Å². The van der Waals surface area contributed by atoms with Crippen molar-refractivity contribution < 1.29 is 18.7 Å². The Kier molecular flexibility index (Phi) is 5.38. The molecule has 1 rings (SSSR count). The van der Waals surface area contributed by atoms with Crippen LogP contribution in [-0.4, -0.2) is 18.4 Å². The summed E-state index contributed by atoms with van der Waals surface area (Å²) in [6, 6.07) is 1.06. The van der Waals surface area contributed by atoms with Crippen molar-refractivity contribution in [2.24, 2.45) is 0 Å². The summed E-state index contributed by atoms with van der Waals surface area (Å²) in [4.78, 5) is 22.9. The predicted molar refractivity (Wildman–Crippen MR) is 67.0 cm³/mol. The van der Waals surface area contributed by atoms with E-state index in [1.807, 2.05) is 0 Å². The van der Waals surface area contributed by atoms with Crippen LogP contribution < -0.4 is 0 Å². The number of esters is 1. The van der Waals surface area contributed by atoms with Gasteiger partial charge in [-0.25, -0.2) is 4.39 Å². The summed E-state index contributed by atoms with van der Waals surface area (Å²) in [6.45, 7) is 1.74. The van der Waals surface area contributed by atoms with Crippen LogP contribution in [-0.2, 0) is 9.53 Å². The van der Waals surface area contributed by atoms with Gasteiger partial charge in [0, 0.05) is 0 Å². The van der Waals surface area contributed by atoms with Crippen LogP contribution in [0.4, 0.5) is 4.39 Å². The molecule has 18 heavy (non-hydrogen) atoms. The first-order valence-corrected chi connectivity index (χ1v) is 6.03. The highest BCUT2D eigenvalue weighted by atomic mass is 35.5. The number of ketones is 1. The number of ether oxygens (including phenoxy) is 1. The third kappa shape index (κ3) is 3.34. The number of Topliss-reactive ketones (excluding diaryl/α,β-unsaturated/α-hetero) is 1. The van der Waals surface area contributed by atoms with Crippen molar-refractivity contribution >= 4 is 46.6 Å². The van der Waals surface area contributed by atoms with Gasteiger partial charge < -0.3 is 4.74 Å². The molecule has 7 heteroatoms. The van der Waals surface area contributed by atoms with Crippen LogP contribution in [0, 0.1) is 5.82 Å². The smallest absolute Gasteiger partial charge is 0.313 e. The van der Waals surface area contributed by atoms with Gasteiger partial charge in [0.15, 0.2) is 11.6 Å². The summed E-state index contributed by atoms with van der Waals surface area (Å²) in [5, 5.41) is -0.903. The summed E-state index contributed by atoms with van der Waals surface area (Å²) in [6.07, 6.45) is -0.561. The van der Waals surface area contributed by atoms with E-state index in [2.05, 4.69) is 4.74 Å². The Balaban J connectivity index is 3.07. The van der Waals surface area contributed by atoms with Gasteiger partial charge in [-0.1, -0.05) is 34.8 Å². The molecule has 0 bridgehead atoms. The molecule has 0 spiro atoms. The first-order valence-electron chi connectivity index (χ1n) is 4.90. The Labute approximate surface area is 118 Å². The minimum absolute atomic E-state index is 0.110. The van der Waals surface area contributed by atoms with Gasteiger partial charge in [0.2, 0.25) is 0 Å². The van der Waals surface area contributed by atoms with Crippen molar-refractivity contribution in [2.75, 3.05) is 6.61 Å². The molecule has 0 aliphatic heterocycles. The van der Waals surface area contributed by atoms with Crippen LogP contribution in [0.15, 0.2) is 6.07 Å². The number of rotatable bonds is 4. The number of hydrogen-bond donors (Lipinski definition) is 0. The largest absolute Gasteiger partial charge is 0.466 e. The molecule has 0 saturated heterocycles. The van der Waals surface area contributed by atoms with E-state index in [9.17, 15) is 14.0 Å². The van der Waals surface area contributed by atoms with E-state index in [4.69, 9.17) is 34.8 Å². The van der Waals surface area contributed by atoms with Crippen molar-refractivity contribution in [3.05, 3.63) is 32.5 Å². The molecule has 0 atom stereocenters. The molecular weight excluding hydrogens is 305 g/mol. The van der Waals surface area contributed by atoms with Gasteiger partial charge >= 0.3 is 5.97 Å². The predicted octanol–water partition coefficient (Wildman–Crippen LogP) is 3.92. The maximum absolute atomic E-state index is 13.4. The van der Waals surface area contributed by atoms with Gasteiger partial charge in [0.1, 0.15) is 6.42 Å². The van der Waals surface area contributed by atoms with Crippen molar-refractivity contribution in [1.82, 2.24) is 0 Å². The molecule has 0 N–H and O–H groups in total. The quantitative estimate of drug-likeness (QED) is 0.278. The second kappa shape index (κ2) is 6.36. The first-order chi connectivity index (χ1) is 8.38. The second-order valence-corrected chi connectivity index (χ2v) is 4.44. The molecule has 0 unspecified atom stereocenters. The molecule has 0 saturated carbocycles. The van der Waals surface area contributed by atoms with Crippen LogP contribution in [0.5, 0.6) is 0 Å². The Bertz CT molecular complexity index is 503. The van der Waals surface area contributed by atoms with Crippen LogP contribution in [0.3, 0.4) is 0 Å². The van der Waals surface area contributed by atoms with Gasteiger partial charge in [0.05, 0.1) is 27.2 Å². The zero-order valence-electron chi connectivity index (χ0n) is 9.23. The van der Waals surface area contributed by atoms with E-state index >= 15 is 0 Å². The van der Waals surface area contributed by atoms with Gasteiger partial charge in [-0.05, 0) is 13.0 Å². The molecule has 0 amide bonds. The second-order valence-electron chi connectivity index (χ2n) is 3.25. The summed E-state index contributed by atoms with van der Waals surface area (Å²) < 4.78 is 18.0. The average Bonchev–Trinajstić information content (AvgIpc) is 2.26. The minimum atomic E-state index is -0.949. The lowest BCUT2D eigenvalue weighted by molar-refractivity contribution is -0.141. The van der Waals surface area contributed by atoms with E-state index in [-0.39, 0.29) is 22.2 Å². The number of halogens is 4. The highest BCUT2D eigenvalue weighted by molar-refractivity contribution is 6.42.